The van der Waals surface area contributed by atoms with E-state index in [1.807, 2.05) is 41.3 Å². The maximum absolute atomic E-state index is 12.8. The molecule has 2 amide bonds. The average molecular weight is 538 g/mol. The summed E-state index contributed by atoms with van der Waals surface area (Å²) in [6.07, 6.45) is 2.24. The van der Waals surface area contributed by atoms with Crippen LogP contribution < -0.4 is 21.7 Å². The standard InChI is InChI=1S/C25H28ClN9O3/c1-28-22-20(26)30-19(21(27)31-22)23(37)32-24-29-14-25(33-24)9-11-35(12-10-25)18(36)8-7-16-13-17(34-38-16)15-5-3-2-4-6-15/h2-6,13H,7-12,14H2,1H3,(H3,27,28,31)(H2,29,32,33,37). The molecule has 0 atom stereocenters. The Morgan fingerprint density at radius 2 is 1.97 bits per heavy atom. The number of benzene rings is 1. The predicted molar refractivity (Wildman–Crippen MR) is 143 cm³/mol. The molecule has 1 aromatic carbocycles. The highest BCUT2D eigenvalue weighted by molar-refractivity contribution is 6.32. The van der Waals surface area contributed by atoms with Crippen molar-refractivity contribution in [2.45, 2.75) is 31.2 Å². The van der Waals surface area contributed by atoms with Crippen LogP contribution in [0.5, 0.6) is 0 Å². The summed E-state index contributed by atoms with van der Waals surface area (Å²) in [6, 6.07) is 11.7. The van der Waals surface area contributed by atoms with Crippen molar-refractivity contribution < 1.29 is 14.1 Å². The Bertz CT molecular complexity index is 1370. The van der Waals surface area contributed by atoms with Crippen molar-refractivity contribution in [3.05, 3.63) is 53.0 Å². The van der Waals surface area contributed by atoms with Crippen molar-refractivity contribution in [1.29, 1.82) is 0 Å². The molecule has 2 aromatic heterocycles. The Labute approximate surface area is 224 Å². The summed E-state index contributed by atoms with van der Waals surface area (Å²) in [5.74, 6) is 0.778. The lowest BCUT2D eigenvalue weighted by molar-refractivity contribution is -0.132. The van der Waals surface area contributed by atoms with Crippen molar-refractivity contribution in [2.75, 3.05) is 37.7 Å². The molecule has 0 aliphatic carbocycles. The van der Waals surface area contributed by atoms with Crippen LogP contribution in [0.1, 0.15) is 35.5 Å². The lowest BCUT2D eigenvalue weighted by Crippen LogP contribution is -2.57. The van der Waals surface area contributed by atoms with Crippen LogP contribution >= 0.6 is 11.6 Å². The van der Waals surface area contributed by atoms with Crippen LogP contribution in [0.2, 0.25) is 5.15 Å². The molecule has 4 heterocycles. The van der Waals surface area contributed by atoms with E-state index < -0.39 is 5.91 Å². The molecule has 2 aliphatic heterocycles. The van der Waals surface area contributed by atoms with Gasteiger partial charge in [-0.3, -0.25) is 19.9 Å². The van der Waals surface area contributed by atoms with Gasteiger partial charge < -0.3 is 25.8 Å². The van der Waals surface area contributed by atoms with Crippen molar-refractivity contribution in [3.63, 3.8) is 0 Å². The van der Waals surface area contributed by atoms with Gasteiger partial charge in [-0.15, -0.1) is 0 Å². The van der Waals surface area contributed by atoms with Crippen molar-refractivity contribution >= 4 is 41.0 Å². The minimum Gasteiger partial charge on any atom is -0.382 e. The molecule has 0 bridgehead atoms. The number of hydrogen-bond acceptors (Lipinski definition) is 10. The fourth-order valence-corrected chi connectivity index (χ4v) is 4.80. The molecule has 1 fully saturated rings. The Kier molecular flexibility index (Phi) is 7.14. The van der Waals surface area contributed by atoms with Crippen molar-refractivity contribution in [1.82, 2.24) is 30.7 Å². The maximum Gasteiger partial charge on any atom is 0.280 e. The number of aromatic nitrogens is 3. The number of likely N-dealkylation sites (tertiary alicyclic amines) is 1. The lowest BCUT2D eigenvalue weighted by atomic mass is 9.88. The molecule has 38 heavy (non-hydrogen) atoms. The first-order valence-corrected chi connectivity index (χ1v) is 12.7. The van der Waals surface area contributed by atoms with E-state index in [1.54, 1.807) is 7.05 Å². The van der Waals surface area contributed by atoms with Gasteiger partial charge in [0.1, 0.15) is 11.5 Å². The summed E-state index contributed by atoms with van der Waals surface area (Å²) >= 11 is 6.04. The number of piperidine rings is 1. The number of anilines is 2. The van der Waals surface area contributed by atoms with Gasteiger partial charge in [0, 0.05) is 44.6 Å². The number of aliphatic imine (C=N–C) groups is 1. The van der Waals surface area contributed by atoms with Gasteiger partial charge in [-0.1, -0.05) is 47.1 Å². The number of nitrogen functional groups attached to an aromatic ring is 1. The molecule has 0 radical (unpaired) electrons. The Morgan fingerprint density at radius 1 is 1.21 bits per heavy atom. The molecule has 0 saturated carbocycles. The zero-order valence-electron chi connectivity index (χ0n) is 20.8. The van der Waals surface area contributed by atoms with E-state index in [-0.39, 0.29) is 33.9 Å². The molecular formula is C25H28ClN9O3. The Hall–Kier alpha value is -4.19. The first kappa shape index (κ1) is 25.5. The zero-order valence-corrected chi connectivity index (χ0v) is 21.6. The Balaban J connectivity index is 1.10. The second-order valence-electron chi connectivity index (χ2n) is 9.30. The molecule has 1 spiro atoms. The second-order valence-corrected chi connectivity index (χ2v) is 9.65. The van der Waals surface area contributed by atoms with E-state index in [9.17, 15) is 9.59 Å². The first-order valence-electron chi connectivity index (χ1n) is 12.3. The van der Waals surface area contributed by atoms with E-state index in [4.69, 9.17) is 21.9 Å². The van der Waals surface area contributed by atoms with Gasteiger partial charge in [0.25, 0.3) is 5.91 Å². The third-order valence-corrected chi connectivity index (χ3v) is 7.04. The zero-order chi connectivity index (χ0) is 26.7. The third kappa shape index (κ3) is 5.40. The van der Waals surface area contributed by atoms with Crippen LogP contribution in [0.25, 0.3) is 11.3 Å². The number of rotatable bonds is 6. The molecule has 12 nitrogen and oxygen atoms in total. The van der Waals surface area contributed by atoms with Crippen LogP contribution in [-0.2, 0) is 11.2 Å². The number of halogens is 1. The van der Waals surface area contributed by atoms with Gasteiger partial charge in [0.2, 0.25) is 5.91 Å². The molecule has 3 aromatic rings. The molecule has 0 unspecified atom stereocenters. The summed E-state index contributed by atoms with van der Waals surface area (Å²) < 4.78 is 5.43. The first-order chi connectivity index (χ1) is 18.4. The number of guanidine groups is 1. The van der Waals surface area contributed by atoms with Gasteiger partial charge >= 0.3 is 0 Å². The van der Waals surface area contributed by atoms with Crippen LogP contribution in [0.15, 0.2) is 45.9 Å². The summed E-state index contributed by atoms with van der Waals surface area (Å²) in [4.78, 5) is 39.9. The fraction of sp³-hybridized carbons (Fsp3) is 0.360. The monoisotopic (exact) mass is 537 g/mol. The maximum atomic E-state index is 12.8. The quantitative estimate of drug-likeness (QED) is 0.368. The van der Waals surface area contributed by atoms with Crippen LogP contribution in [0.4, 0.5) is 11.6 Å². The Morgan fingerprint density at radius 3 is 2.71 bits per heavy atom. The summed E-state index contributed by atoms with van der Waals surface area (Å²) in [6.45, 7) is 1.67. The molecule has 5 rings (SSSR count). The number of aryl methyl sites for hydroxylation is 1. The highest BCUT2D eigenvalue weighted by Gasteiger charge is 2.40. The number of amides is 2. The minimum atomic E-state index is -0.557. The molecule has 13 heteroatoms. The normalized spacial score (nSPS) is 16.2. The van der Waals surface area contributed by atoms with Gasteiger partial charge in [0.05, 0.1) is 12.1 Å². The molecule has 2 aliphatic rings. The predicted octanol–water partition coefficient (Wildman–Crippen LogP) is 2.09. The van der Waals surface area contributed by atoms with E-state index in [0.717, 1.165) is 11.3 Å². The van der Waals surface area contributed by atoms with E-state index in [2.05, 4.69) is 36.1 Å². The summed E-state index contributed by atoms with van der Waals surface area (Å²) in [7, 11) is 1.63. The topological polar surface area (TPSA) is 164 Å². The lowest BCUT2D eigenvalue weighted by Gasteiger charge is -2.39. The molecule has 5 N–H and O–H groups in total. The number of hydrogen-bond donors (Lipinski definition) is 4. The highest BCUT2D eigenvalue weighted by Crippen LogP contribution is 2.27. The molecule has 1 saturated heterocycles. The molecule has 198 valence electrons. The number of nitrogens with one attached hydrogen (secondary N) is 3. The van der Waals surface area contributed by atoms with Gasteiger partial charge in [-0.25, -0.2) is 9.97 Å². The largest absolute Gasteiger partial charge is 0.382 e. The fourth-order valence-electron chi connectivity index (χ4n) is 4.58. The number of carbonyl (C=O) groups excluding carboxylic acids is 2. The summed E-state index contributed by atoms with van der Waals surface area (Å²) in [5.41, 5.74) is 7.21. The molecular weight excluding hydrogens is 510 g/mol. The van der Waals surface area contributed by atoms with Crippen LogP contribution in [0, 0.1) is 0 Å². The van der Waals surface area contributed by atoms with Gasteiger partial charge in [0.15, 0.2) is 28.4 Å². The minimum absolute atomic E-state index is 0.0432. The number of nitrogens with zero attached hydrogens (tertiary/aromatic N) is 5. The number of carbonyl (C=O) groups is 2. The third-order valence-electron chi connectivity index (χ3n) is 6.77. The van der Waals surface area contributed by atoms with Gasteiger partial charge in [-0.05, 0) is 12.8 Å². The SMILES string of the molecule is CNc1nc(N)c(C(=O)NC2=NCC3(CCN(C(=O)CCc4cc(-c5ccccc5)no4)CC3)N2)nc1Cl. The average Bonchev–Trinajstić information content (AvgIpc) is 3.56. The second kappa shape index (κ2) is 10.7. The van der Waals surface area contributed by atoms with Crippen LogP contribution in [-0.4, -0.2) is 70.0 Å². The van der Waals surface area contributed by atoms with Crippen molar-refractivity contribution in [3.8, 4) is 11.3 Å². The van der Waals surface area contributed by atoms with Gasteiger partial charge in [-0.2, -0.15) is 0 Å². The summed E-state index contributed by atoms with van der Waals surface area (Å²) in [5, 5.41) is 12.9. The smallest absolute Gasteiger partial charge is 0.280 e. The van der Waals surface area contributed by atoms with Crippen molar-refractivity contribution in [2.24, 2.45) is 4.99 Å². The van der Waals surface area contributed by atoms with E-state index in [1.165, 1.54) is 0 Å². The highest BCUT2D eigenvalue weighted by atomic mass is 35.5. The number of nitrogens with two attached hydrogens (primary N) is 1. The van der Waals surface area contributed by atoms with E-state index >= 15 is 0 Å². The van der Waals surface area contributed by atoms with Crippen LogP contribution in [0.3, 0.4) is 0 Å². The van der Waals surface area contributed by atoms with E-state index in [0.29, 0.717) is 57.0 Å².